The van der Waals surface area contributed by atoms with E-state index in [1.54, 1.807) is 47.7 Å². The Balaban J connectivity index is 0.680. The molecule has 11 aromatic rings. The summed E-state index contributed by atoms with van der Waals surface area (Å²) in [7, 11) is 8.19. The van der Waals surface area contributed by atoms with Crippen molar-refractivity contribution in [2.24, 2.45) is 0 Å². The zero-order chi connectivity index (χ0) is 89.2. The van der Waals surface area contributed by atoms with Crippen LogP contribution in [0.15, 0.2) is 237 Å². The maximum absolute atomic E-state index is 13.7. The van der Waals surface area contributed by atoms with Crippen LogP contribution < -0.4 is 47.4 Å². The normalized spacial score (nSPS) is 10.4. The summed E-state index contributed by atoms with van der Waals surface area (Å²) in [6.45, 7) is 3.13. The molecule has 0 aliphatic carbocycles. The van der Waals surface area contributed by atoms with Crippen LogP contribution in [0.2, 0.25) is 0 Å². The quantitative estimate of drug-likeness (QED) is 0.0201. The van der Waals surface area contributed by atoms with Crippen LogP contribution in [0.1, 0.15) is 231 Å². The molecule has 0 amide bonds. The van der Waals surface area contributed by atoms with Crippen molar-refractivity contribution in [3.8, 4) is 151 Å². The van der Waals surface area contributed by atoms with Crippen molar-refractivity contribution in [2.45, 2.75) is 154 Å². The molecule has 0 fully saturated rings. The van der Waals surface area contributed by atoms with Gasteiger partial charge in [0, 0.05) is 27.8 Å². The van der Waals surface area contributed by atoms with E-state index in [-0.39, 0.29) is 5.97 Å². The predicted molar refractivity (Wildman–Crippen MR) is 510 cm³/mol. The van der Waals surface area contributed by atoms with Gasteiger partial charge in [-0.25, -0.2) is 4.79 Å². The van der Waals surface area contributed by atoms with E-state index in [9.17, 15) is 4.79 Å². The fourth-order valence-electron chi connectivity index (χ4n) is 14.3. The van der Waals surface area contributed by atoms with Gasteiger partial charge >= 0.3 is 5.97 Å². The number of ether oxygens (including phenoxy) is 11. The van der Waals surface area contributed by atoms with Crippen molar-refractivity contribution in [3.05, 3.63) is 309 Å². The van der Waals surface area contributed by atoms with Crippen molar-refractivity contribution in [3.63, 3.8) is 0 Å². The molecule has 0 unspecified atom stereocenters. The molecule has 0 aliphatic heterocycles. The predicted octanol–water partition coefficient (Wildman–Crippen LogP) is 25.3. The lowest BCUT2D eigenvalue weighted by Crippen LogP contribution is -2.08. The van der Waals surface area contributed by atoms with Crippen LogP contribution >= 0.6 is 0 Å². The number of rotatable bonds is 46. The minimum Gasteiger partial charge on any atom is -0.497 e. The molecule has 0 atom stereocenters. The van der Waals surface area contributed by atoms with Crippen LogP contribution in [-0.2, 0) is 4.74 Å². The standard InChI is InChI=1S/C114H114N2O12/c1-118-99-58-34-87(35-59-99)44-72-106-107(73-45-88-36-60-100(119-2)61-37-88)109(75-47-90-40-64-102(121-4)65-41-90)113(110(76-48-91-42-66-103(122-5)67-43-91)108(106)74-46-89-38-62-101(120-3)63-39-89)127-82-28-22-16-10-11-17-23-29-83-128-114(117)98-57-77-111(125-80-26-20-14-8-6-12-18-24-78-123-104-68-53-96(54-69-104)94-49-30-92(85-115)31-50-94)112(84-98)126-81-27-21-15-9-7-13-19-25-79-124-105-70-55-97(56-71-105)95-51-32-93(86-116)33-52-95/h30-43,49-71,77,84H,6-29,78-83H2,1-5H3. The first-order valence-electron chi connectivity index (χ1n) is 44.8. The van der Waals surface area contributed by atoms with Gasteiger partial charge in [0.25, 0.3) is 0 Å². The molecule has 14 nitrogen and oxygen atoms in total. The second kappa shape index (κ2) is 53.8. The van der Waals surface area contributed by atoms with Crippen LogP contribution in [0.3, 0.4) is 0 Å². The molecule has 0 saturated carbocycles. The van der Waals surface area contributed by atoms with E-state index in [1.807, 2.05) is 200 Å². The summed E-state index contributed by atoms with van der Waals surface area (Å²) in [6.07, 6.45) is 24.9. The molecule has 11 rings (SSSR count). The van der Waals surface area contributed by atoms with Gasteiger partial charge in [-0.1, -0.05) is 223 Å². The number of carbonyl (C=O) groups is 1. The Labute approximate surface area is 758 Å². The minimum atomic E-state index is -0.373. The third-order valence-corrected chi connectivity index (χ3v) is 21.8. The Morgan fingerprint density at radius 2 is 0.461 bits per heavy atom. The van der Waals surface area contributed by atoms with Crippen LogP contribution in [0.4, 0.5) is 0 Å². The number of benzene rings is 11. The Morgan fingerprint density at radius 3 is 0.758 bits per heavy atom. The van der Waals surface area contributed by atoms with Gasteiger partial charge < -0.3 is 52.1 Å². The first kappa shape index (κ1) is 94.3. The highest BCUT2D eigenvalue weighted by Gasteiger charge is 2.24. The largest absolute Gasteiger partial charge is 0.497 e. The third-order valence-electron chi connectivity index (χ3n) is 21.8. The maximum Gasteiger partial charge on any atom is 0.338 e. The summed E-state index contributed by atoms with van der Waals surface area (Å²) in [6, 6.07) is 79.3. The summed E-state index contributed by atoms with van der Waals surface area (Å²) in [5, 5.41) is 18.3. The smallest absolute Gasteiger partial charge is 0.338 e. The van der Waals surface area contributed by atoms with E-state index >= 15 is 0 Å². The number of nitriles is 2. The number of hydrogen-bond donors (Lipinski definition) is 0. The molecule has 11 aromatic carbocycles. The molecular formula is C114H114N2O12. The average Bonchev–Trinajstić information content (AvgIpc) is 0.760. The van der Waals surface area contributed by atoms with Gasteiger partial charge in [0.15, 0.2) is 17.2 Å². The van der Waals surface area contributed by atoms with E-state index in [2.05, 4.69) is 95.6 Å². The first-order valence-corrected chi connectivity index (χ1v) is 44.8. The van der Waals surface area contributed by atoms with Crippen LogP contribution in [-0.4, -0.2) is 81.2 Å². The number of nitrogens with zero attached hydrogens (tertiary/aromatic N) is 2. The molecule has 14 heteroatoms. The molecule has 0 spiro atoms. The Hall–Kier alpha value is -14.3. The van der Waals surface area contributed by atoms with E-state index in [0.29, 0.717) is 130 Å². The minimum absolute atomic E-state index is 0.321. The second-order valence-corrected chi connectivity index (χ2v) is 31.0. The van der Waals surface area contributed by atoms with Gasteiger partial charge in [-0.3, -0.25) is 0 Å². The Bertz CT molecular complexity index is 5560. The van der Waals surface area contributed by atoms with Gasteiger partial charge in [-0.05, 0) is 249 Å². The van der Waals surface area contributed by atoms with Crippen molar-refractivity contribution in [2.75, 3.05) is 75.2 Å². The van der Waals surface area contributed by atoms with Crippen molar-refractivity contribution in [1.29, 1.82) is 10.5 Å². The molecule has 0 aromatic heterocycles. The summed E-state index contributed by atoms with van der Waals surface area (Å²) < 4.78 is 65.7. The number of esters is 1. The summed E-state index contributed by atoms with van der Waals surface area (Å²) in [4.78, 5) is 13.7. The van der Waals surface area contributed by atoms with Crippen LogP contribution in [0.5, 0.6) is 57.5 Å². The summed E-state index contributed by atoms with van der Waals surface area (Å²) in [5.41, 5.74) is 12.4. The molecule has 0 aliphatic rings. The summed E-state index contributed by atoms with van der Waals surface area (Å²) in [5.74, 6) is 41.5. The average molecular weight is 1700 g/mol. The fourth-order valence-corrected chi connectivity index (χ4v) is 14.3. The van der Waals surface area contributed by atoms with Crippen LogP contribution in [0, 0.1) is 81.9 Å². The van der Waals surface area contributed by atoms with Gasteiger partial charge in [-0.2, -0.15) is 10.5 Å². The van der Waals surface area contributed by atoms with E-state index < -0.39 is 0 Å². The number of unbranched alkanes of at least 4 members (excludes halogenated alkanes) is 21. The van der Waals surface area contributed by atoms with E-state index in [4.69, 9.17) is 62.6 Å². The third kappa shape index (κ3) is 31.4. The lowest BCUT2D eigenvalue weighted by atomic mass is 9.89. The first-order chi connectivity index (χ1) is 63.1. The second-order valence-electron chi connectivity index (χ2n) is 31.0. The topological polar surface area (TPSA) is 166 Å². The maximum atomic E-state index is 13.7. The highest BCUT2D eigenvalue weighted by atomic mass is 16.5. The highest BCUT2D eigenvalue weighted by molar-refractivity contribution is 5.90. The van der Waals surface area contributed by atoms with E-state index in [1.165, 1.54) is 32.1 Å². The van der Waals surface area contributed by atoms with Crippen LogP contribution in [0.25, 0.3) is 22.3 Å². The van der Waals surface area contributed by atoms with E-state index in [0.717, 1.165) is 184 Å². The summed E-state index contributed by atoms with van der Waals surface area (Å²) >= 11 is 0. The zero-order valence-electron chi connectivity index (χ0n) is 74.5. The number of carbonyl (C=O) groups excluding carboxylic acids is 1. The van der Waals surface area contributed by atoms with Crippen molar-refractivity contribution >= 4 is 5.97 Å². The molecule has 652 valence electrons. The molecule has 0 bridgehead atoms. The molecule has 0 radical (unpaired) electrons. The highest BCUT2D eigenvalue weighted by Crippen LogP contribution is 2.36. The number of hydrogen-bond acceptors (Lipinski definition) is 14. The Kier molecular flexibility index (Phi) is 39.6. The molecule has 128 heavy (non-hydrogen) atoms. The molecule has 0 N–H and O–H groups in total. The van der Waals surface area contributed by atoms with Gasteiger partial charge in [-0.15, -0.1) is 0 Å². The fraction of sp³-hybridized carbons (Fsp3) is 0.307. The molecule has 0 saturated heterocycles. The zero-order valence-corrected chi connectivity index (χ0v) is 74.5. The lowest BCUT2D eigenvalue weighted by molar-refractivity contribution is 0.0497. The SMILES string of the molecule is COc1ccc(C#Cc2c(C#Cc3ccc(OC)cc3)c(C#Cc3ccc(OC)cc3)c(OCCCCCCCCCCOC(=O)c3ccc(OCCCCCCCCCCOc4ccc(-c5ccc(C#N)cc5)cc4)c(OCCCCCCCCCCOc4ccc(-c5ccc(C#N)cc5)cc4)c3)c(C#Cc3ccc(OC)cc3)c2C#Cc2ccc(OC)cc2)cc1. The Morgan fingerprint density at radius 1 is 0.227 bits per heavy atom. The van der Waals surface area contributed by atoms with Gasteiger partial charge in [0.2, 0.25) is 0 Å². The lowest BCUT2D eigenvalue weighted by Gasteiger charge is -2.17. The van der Waals surface area contributed by atoms with Gasteiger partial charge in [0.1, 0.15) is 40.2 Å². The van der Waals surface area contributed by atoms with Gasteiger partial charge in [0.05, 0.1) is 132 Å². The molecule has 0 heterocycles. The monoisotopic (exact) mass is 1700 g/mol. The van der Waals surface area contributed by atoms with Crippen molar-refractivity contribution < 1.29 is 56.9 Å². The number of methoxy groups -OCH3 is 5. The molecular weight excluding hydrogens is 1590 g/mol. The van der Waals surface area contributed by atoms with Crippen molar-refractivity contribution in [1.82, 2.24) is 0 Å².